The molecule has 5 heterocycles. The second-order valence-electron chi connectivity index (χ2n) is 41.8. The van der Waals surface area contributed by atoms with Crippen LogP contribution in [0.1, 0.15) is 199 Å². The highest BCUT2D eigenvalue weighted by molar-refractivity contribution is 6.01. The van der Waals surface area contributed by atoms with E-state index in [1.807, 2.05) is 57.3 Å². The summed E-state index contributed by atoms with van der Waals surface area (Å²) >= 11 is 0. The first-order chi connectivity index (χ1) is 70.9. The average molecular weight is 1870 g/mol. The van der Waals surface area contributed by atoms with Gasteiger partial charge in [0.25, 0.3) is 0 Å². The summed E-state index contributed by atoms with van der Waals surface area (Å²) in [4.78, 5) is 0. The number of hydrogen-bond acceptors (Lipinski definition) is 0. The van der Waals surface area contributed by atoms with Crippen LogP contribution in [0.3, 0.4) is 0 Å². The van der Waals surface area contributed by atoms with E-state index in [-0.39, 0.29) is 5.82 Å². The summed E-state index contributed by atoms with van der Waals surface area (Å²) in [5.41, 5.74) is 50.8. The van der Waals surface area contributed by atoms with Crippen molar-refractivity contribution in [2.75, 3.05) is 0 Å². The molecule has 0 atom stereocenters. The van der Waals surface area contributed by atoms with Crippen molar-refractivity contribution in [3.05, 3.63) is 419 Å². The fourth-order valence-corrected chi connectivity index (χ4v) is 24.1. The van der Waals surface area contributed by atoms with Crippen LogP contribution in [0, 0.1) is 88.9 Å². The van der Waals surface area contributed by atoms with Gasteiger partial charge in [0.05, 0.1) is 56.0 Å². The highest BCUT2D eigenvalue weighted by Crippen LogP contribution is 2.46. The van der Waals surface area contributed by atoms with Crippen LogP contribution in [0.5, 0.6) is 0 Å². The van der Waals surface area contributed by atoms with Gasteiger partial charge in [-0.1, -0.05) is 201 Å². The first-order valence-electron chi connectivity index (χ1n) is 54.7. The molecule has 708 valence electrons. The maximum Gasteiger partial charge on any atom is 0.220 e. The number of nitrogens with zero attached hydrogens (tertiary/aromatic N) is 5. The molecule has 6 aliphatic rings. The van der Waals surface area contributed by atoms with Gasteiger partial charge in [0.1, 0.15) is 41.1 Å². The van der Waals surface area contributed by atoms with Gasteiger partial charge in [0, 0.05) is 76.0 Å². The molecule has 0 bridgehead atoms. The number of pyridine rings is 5. The Balaban J connectivity index is 0.000000108. The van der Waals surface area contributed by atoms with E-state index < -0.39 is 0 Å². The smallest absolute Gasteiger partial charge is 0.206 e. The monoisotopic (exact) mass is 1860 g/mol. The van der Waals surface area contributed by atoms with Gasteiger partial charge in [-0.05, 0) is 396 Å². The summed E-state index contributed by atoms with van der Waals surface area (Å²) in [5.74, 6) is 0.509. The number of aromatic nitrogens is 5. The predicted molar refractivity (Wildman–Crippen MR) is 593 cm³/mol. The summed E-state index contributed by atoms with van der Waals surface area (Å²) in [7, 11) is 10.5. The van der Waals surface area contributed by atoms with Crippen molar-refractivity contribution in [2.45, 2.75) is 211 Å². The maximum atomic E-state index is 14.9. The van der Waals surface area contributed by atoms with E-state index in [1.165, 1.54) is 259 Å². The molecule has 19 aromatic rings. The molecule has 0 spiro atoms. The van der Waals surface area contributed by atoms with Gasteiger partial charge in [0.2, 0.25) is 28.5 Å². The van der Waals surface area contributed by atoms with Crippen molar-refractivity contribution in [1.29, 1.82) is 0 Å². The summed E-state index contributed by atoms with van der Waals surface area (Å²) in [5, 5.41) is 11.3. The quantitative estimate of drug-likeness (QED) is 0.122. The second kappa shape index (κ2) is 39.5. The Kier molecular flexibility index (Phi) is 24.6. The van der Waals surface area contributed by atoms with Gasteiger partial charge in [-0.2, -0.15) is 22.8 Å². The molecule has 0 amide bonds. The molecule has 0 radical (unpaired) electrons. The van der Waals surface area contributed by atoms with E-state index >= 15 is 0 Å². The molecule has 6 aliphatic carbocycles. The molecule has 14 aromatic carbocycles. The molecule has 1 saturated carbocycles. The molecule has 0 aliphatic heterocycles. The van der Waals surface area contributed by atoms with Gasteiger partial charge >= 0.3 is 0 Å². The standard InChI is InChI=1S/C28H28N.C27H25FN.C27H32N.2C27H26N/c1-18-13-24(21-9-6-5-7-10-21)17-26(20(18)3)28-27-16-23-12-8-11-22(23)15-25(27)14-19(2)29(28)4;1-17-12-26(28)24(19-8-5-4-6-9-19)16-23(17)27-25-15-21-11-7-10-20(21)14-22(25)13-18(2)29(27)3;1-17-12-23(20-8-5-6-9-20)16-25(19(17)3)27-26-15-22-11-7-10-21(22)14-24(26)13-18(2)28(27)4;1-18-14-23(20-8-5-4-6-9-20)12-13-25(18)27-26-17-22-11-7-10-21(22)16-24(26)15-19(2)28(27)3;1-18-12-13-23(20-8-5-4-6-9-20)16-25(18)27-26-17-22-11-7-10-21(22)15-24(26)14-19(2)28(27)3/h5-7,9-10,13-17H,8,11-12H2,1-4H3;4-6,8-9,12-16H,7,10-11H2,1-3H3;12-16,20H,5-11H2,1-4H3;2*4-6,8-9,12-17H,7,10-11H2,1-3H3/q5*+1/i14D;2*13D;15D;14D. The molecule has 1 fully saturated rings. The molecule has 5 nitrogen and oxygen atoms in total. The molecule has 142 heavy (non-hydrogen) atoms. The lowest BCUT2D eigenvalue weighted by molar-refractivity contribution is -0.665. The first kappa shape index (κ1) is 88.2. The molecular formula is C136H137FN5+5. The number of aryl methyl sites for hydroxylation is 15. The molecule has 0 unspecified atom stereocenters. The zero-order valence-corrected chi connectivity index (χ0v) is 86.4. The SMILES string of the molecule is [2H]c1c(C)[n+](C)c(-c2cc(-c3ccccc3)c(F)cc2C)c2cc3c(cc12)CCC3.[2H]c1c(C)[n+](C)c(-c2cc(-c3ccccc3)cc(C)c2C)c2cc3c(cc12)CCC3.[2H]c1c(C)[n+](C)c(-c2cc(-c3ccccc3)ccc2C)c2cc3c(cc12)CCC3.[2H]c1c(C)[n+](C)c(-c2cc(C3CCCC3)cc(C)c2C)c2cc3c(cc12)CCC3.[2H]c1c(C)[n+](C)c(-c2ccc(-c3ccccc3)cc2C)c2cc3c(cc12)CCC3. The van der Waals surface area contributed by atoms with Gasteiger partial charge < -0.3 is 0 Å². The fraction of sp³-hybridized carbons (Fsp3) is 0.272. The Morgan fingerprint density at radius 2 is 0.507 bits per heavy atom. The average Bonchev–Trinajstić information content (AvgIpc) is 1.71. The van der Waals surface area contributed by atoms with Crippen molar-refractivity contribution in [2.24, 2.45) is 35.2 Å². The minimum atomic E-state index is -0.205. The van der Waals surface area contributed by atoms with Crippen molar-refractivity contribution >= 4 is 53.9 Å². The Bertz CT molecular complexity index is 8570. The van der Waals surface area contributed by atoms with E-state index in [1.54, 1.807) is 6.07 Å². The lowest BCUT2D eigenvalue weighted by Crippen LogP contribution is -2.35. The van der Waals surface area contributed by atoms with Gasteiger partial charge in [-0.3, -0.25) is 0 Å². The summed E-state index contributed by atoms with van der Waals surface area (Å²) < 4.78 is 69.8. The normalized spacial score (nSPS) is 14.3. The van der Waals surface area contributed by atoms with E-state index in [0.29, 0.717) is 41.7 Å². The van der Waals surface area contributed by atoms with Crippen LogP contribution in [0.15, 0.2) is 285 Å². The third-order valence-electron chi connectivity index (χ3n) is 32.8. The van der Waals surface area contributed by atoms with Crippen LogP contribution in [0.4, 0.5) is 4.39 Å². The Morgan fingerprint density at radius 1 is 0.225 bits per heavy atom. The molecule has 25 rings (SSSR count). The molecule has 0 N–H and O–H groups in total. The van der Waals surface area contributed by atoms with Crippen LogP contribution >= 0.6 is 0 Å². The van der Waals surface area contributed by atoms with Crippen LogP contribution < -0.4 is 22.8 Å². The van der Waals surface area contributed by atoms with Crippen LogP contribution in [-0.2, 0) is 99.4 Å². The minimum Gasteiger partial charge on any atom is -0.206 e. The van der Waals surface area contributed by atoms with Crippen LogP contribution in [0.25, 0.3) is 155 Å². The second-order valence-corrected chi connectivity index (χ2v) is 41.8. The molecule has 6 heteroatoms. The maximum absolute atomic E-state index is 14.9. The van der Waals surface area contributed by atoms with Crippen molar-refractivity contribution in [3.63, 3.8) is 0 Å². The van der Waals surface area contributed by atoms with Gasteiger partial charge in [0.15, 0.2) is 28.5 Å². The van der Waals surface area contributed by atoms with Crippen molar-refractivity contribution in [3.8, 4) is 101 Å². The van der Waals surface area contributed by atoms with E-state index in [9.17, 15) is 4.39 Å². The highest BCUT2D eigenvalue weighted by Gasteiger charge is 2.33. The number of rotatable bonds is 10. The number of hydrogen-bond donors (Lipinski definition) is 0. The van der Waals surface area contributed by atoms with E-state index in [0.717, 1.165) is 141 Å². The predicted octanol–water partition coefficient (Wildman–Crippen LogP) is 31.3. The van der Waals surface area contributed by atoms with Crippen molar-refractivity contribution < 1.29 is 34.1 Å². The zero-order valence-electron chi connectivity index (χ0n) is 91.4. The Labute approximate surface area is 848 Å². The molecule has 0 saturated heterocycles. The summed E-state index contributed by atoms with van der Waals surface area (Å²) in [6, 6.07) is 94.5. The topological polar surface area (TPSA) is 19.4 Å². The summed E-state index contributed by atoms with van der Waals surface area (Å²) in [6.07, 6.45) is 22.9. The number of benzene rings is 14. The lowest BCUT2D eigenvalue weighted by Gasteiger charge is -2.17. The molecular weight excluding hydrogens is 1720 g/mol. The van der Waals surface area contributed by atoms with E-state index in [2.05, 4.69) is 333 Å². The first-order valence-corrected chi connectivity index (χ1v) is 52.2. The minimum absolute atomic E-state index is 0.205. The third kappa shape index (κ3) is 18.2. The van der Waals surface area contributed by atoms with Gasteiger partial charge in [-0.25, -0.2) is 4.39 Å². The number of halogens is 1. The third-order valence-corrected chi connectivity index (χ3v) is 32.8. The highest BCUT2D eigenvalue weighted by atomic mass is 19.1. The van der Waals surface area contributed by atoms with Crippen molar-refractivity contribution in [1.82, 2.24) is 0 Å². The van der Waals surface area contributed by atoms with Gasteiger partial charge in [-0.15, -0.1) is 0 Å². The fourth-order valence-electron chi connectivity index (χ4n) is 24.1. The Morgan fingerprint density at radius 3 is 0.873 bits per heavy atom. The largest absolute Gasteiger partial charge is 0.220 e. The lowest BCUT2D eigenvalue weighted by atomic mass is 9.88. The Hall–Kier alpha value is -13.9. The summed E-state index contributed by atoms with van der Waals surface area (Å²) in [6.45, 7) is 25.6. The van der Waals surface area contributed by atoms with E-state index in [4.69, 9.17) is 6.85 Å². The van der Waals surface area contributed by atoms with Crippen LogP contribution in [-0.4, -0.2) is 0 Å². The van der Waals surface area contributed by atoms with Crippen LogP contribution in [0.2, 0.25) is 0 Å². The molecule has 5 aromatic heterocycles. The number of fused-ring (bicyclic) bond motifs is 10. The zero-order chi connectivity index (χ0) is 103.